The van der Waals surface area contributed by atoms with Crippen LogP contribution in [0.2, 0.25) is 0 Å². The van der Waals surface area contributed by atoms with Gasteiger partial charge in [0.1, 0.15) is 0 Å². The molecule has 108 valence electrons. The summed E-state index contributed by atoms with van der Waals surface area (Å²) in [7, 11) is 0. The van der Waals surface area contributed by atoms with Crippen LogP contribution in [0.4, 0.5) is 0 Å². The first-order valence-electron chi connectivity index (χ1n) is 7.90. The summed E-state index contributed by atoms with van der Waals surface area (Å²) in [5.41, 5.74) is 0. The van der Waals surface area contributed by atoms with Crippen molar-refractivity contribution >= 4 is 5.91 Å². The number of carbonyl (C=O) groups is 1. The number of hydrogen-bond acceptors (Lipinski definition) is 3. The molecule has 0 spiro atoms. The quantitative estimate of drug-likeness (QED) is 0.716. The highest BCUT2D eigenvalue weighted by Crippen LogP contribution is 2.32. The van der Waals surface area contributed by atoms with E-state index in [1.165, 1.54) is 25.7 Å². The predicted molar refractivity (Wildman–Crippen MR) is 73.6 cm³/mol. The van der Waals surface area contributed by atoms with E-state index in [4.69, 9.17) is 0 Å². The van der Waals surface area contributed by atoms with Crippen molar-refractivity contribution in [2.45, 2.75) is 69.6 Å². The SMILES string of the molecule is O=C(CC1CC2CCC(C1)N2)NCC1CCC(O)C1. The number of aliphatic hydroxyl groups is 1. The molecular formula is C15H26N2O2. The summed E-state index contributed by atoms with van der Waals surface area (Å²) in [6.45, 7) is 0.758. The Morgan fingerprint density at radius 1 is 1.05 bits per heavy atom. The fourth-order valence-corrected chi connectivity index (χ4v) is 4.17. The van der Waals surface area contributed by atoms with Crippen LogP contribution in [0.15, 0.2) is 0 Å². The molecule has 3 N–H and O–H groups in total. The first-order chi connectivity index (χ1) is 9.19. The fourth-order valence-electron chi connectivity index (χ4n) is 4.17. The van der Waals surface area contributed by atoms with Gasteiger partial charge < -0.3 is 15.7 Å². The van der Waals surface area contributed by atoms with E-state index in [9.17, 15) is 9.90 Å². The molecule has 3 rings (SSSR count). The van der Waals surface area contributed by atoms with Gasteiger partial charge in [0.2, 0.25) is 5.91 Å². The Hall–Kier alpha value is -0.610. The molecule has 4 atom stereocenters. The Morgan fingerprint density at radius 2 is 1.79 bits per heavy atom. The fraction of sp³-hybridized carbons (Fsp3) is 0.933. The van der Waals surface area contributed by atoms with Gasteiger partial charge in [0.15, 0.2) is 0 Å². The zero-order valence-electron chi connectivity index (χ0n) is 11.6. The van der Waals surface area contributed by atoms with Crippen molar-refractivity contribution in [3.05, 3.63) is 0 Å². The average molecular weight is 266 g/mol. The van der Waals surface area contributed by atoms with Crippen molar-refractivity contribution < 1.29 is 9.90 Å². The molecule has 0 aromatic heterocycles. The maximum atomic E-state index is 12.0. The van der Waals surface area contributed by atoms with Gasteiger partial charge in [0.05, 0.1) is 6.10 Å². The zero-order valence-corrected chi connectivity index (χ0v) is 11.6. The van der Waals surface area contributed by atoms with E-state index in [2.05, 4.69) is 10.6 Å². The van der Waals surface area contributed by atoms with Gasteiger partial charge in [-0.3, -0.25) is 4.79 Å². The number of aliphatic hydroxyl groups excluding tert-OH is 1. The highest BCUT2D eigenvalue weighted by Gasteiger charge is 2.34. The first-order valence-corrected chi connectivity index (χ1v) is 7.90. The van der Waals surface area contributed by atoms with Crippen LogP contribution in [0, 0.1) is 11.8 Å². The second-order valence-electron chi connectivity index (χ2n) is 6.82. The largest absolute Gasteiger partial charge is 0.393 e. The third-order valence-electron chi connectivity index (χ3n) is 5.15. The first kappa shape index (κ1) is 13.4. The minimum absolute atomic E-state index is 0.137. The van der Waals surface area contributed by atoms with Gasteiger partial charge in [-0.05, 0) is 56.8 Å². The molecule has 4 unspecified atom stereocenters. The maximum Gasteiger partial charge on any atom is 0.220 e. The van der Waals surface area contributed by atoms with E-state index in [1.807, 2.05) is 0 Å². The van der Waals surface area contributed by atoms with Crippen molar-refractivity contribution in [2.24, 2.45) is 11.8 Å². The van der Waals surface area contributed by atoms with Crippen LogP contribution in [0.5, 0.6) is 0 Å². The molecule has 0 radical (unpaired) electrons. The molecular weight excluding hydrogens is 240 g/mol. The van der Waals surface area contributed by atoms with E-state index in [1.54, 1.807) is 0 Å². The summed E-state index contributed by atoms with van der Waals surface area (Å²) >= 11 is 0. The van der Waals surface area contributed by atoms with Crippen LogP contribution in [0.1, 0.15) is 51.4 Å². The standard InChI is InChI=1S/C15H26N2O2/c18-14-4-1-10(7-14)9-16-15(19)8-11-5-12-2-3-13(6-11)17-12/h10-14,17-18H,1-9H2,(H,16,19). The Kier molecular flexibility index (Phi) is 4.08. The van der Waals surface area contributed by atoms with Gasteiger partial charge in [-0.25, -0.2) is 0 Å². The van der Waals surface area contributed by atoms with Gasteiger partial charge in [-0.1, -0.05) is 0 Å². The molecule has 2 saturated heterocycles. The summed E-state index contributed by atoms with van der Waals surface area (Å²) in [6.07, 6.45) is 8.31. The van der Waals surface area contributed by atoms with Crippen molar-refractivity contribution in [3.63, 3.8) is 0 Å². The molecule has 0 aromatic rings. The Balaban J connectivity index is 1.37. The third kappa shape index (κ3) is 3.48. The summed E-state index contributed by atoms with van der Waals surface area (Å²) in [4.78, 5) is 12.0. The van der Waals surface area contributed by atoms with Gasteiger partial charge in [-0.2, -0.15) is 0 Å². The van der Waals surface area contributed by atoms with Crippen LogP contribution < -0.4 is 10.6 Å². The van der Waals surface area contributed by atoms with Crippen LogP contribution in [-0.2, 0) is 4.79 Å². The highest BCUT2D eigenvalue weighted by atomic mass is 16.3. The molecule has 4 heteroatoms. The minimum atomic E-state index is -0.137. The van der Waals surface area contributed by atoms with Crippen LogP contribution in [-0.4, -0.2) is 35.7 Å². The van der Waals surface area contributed by atoms with E-state index in [0.717, 1.165) is 25.8 Å². The van der Waals surface area contributed by atoms with Crippen molar-refractivity contribution in [2.75, 3.05) is 6.54 Å². The van der Waals surface area contributed by atoms with Crippen LogP contribution >= 0.6 is 0 Å². The molecule has 0 aromatic carbocycles. The number of fused-ring (bicyclic) bond motifs is 2. The third-order valence-corrected chi connectivity index (χ3v) is 5.15. The Labute approximate surface area is 115 Å². The van der Waals surface area contributed by atoms with E-state index < -0.39 is 0 Å². The molecule has 2 aliphatic heterocycles. The van der Waals surface area contributed by atoms with E-state index in [0.29, 0.717) is 30.3 Å². The van der Waals surface area contributed by atoms with Crippen molar-refractivity contribution in [1.82, 2.24) is 10.6 Å². The molecule has 4 nitrogen and oxygen atoms in total. The number of amides is 1. The molecule has 2 bridgehead atoms. The number of rotatable bonds is 4. The molecule has 3 aliphatic rings. The Bertz CT molecular complexity index is 322. The number of carbonyl (C=O) groups excluding carboxylic acids is 1. The van der Waals surface area contributed by atoms with Crippen LogP contribution in [0.3, 0.4) is 0 Å². The number of nitrogens with one attached hydrogen (secondary N) is 2. The van der Waals surface area contributed by atoms with Gasteiger partial charge in [-0.15, -0.1) is 0 Å². The predicted octanol–water partition coefficient (Wildman–Crippen LogP) is 1.18. The lowest BCUT2D eigenvalue weighted by atomic mass is 9.89. The van der Waals surface area contributed by atoms with Gasteiger partial charge >= 0.3 is 0 Å². The minimum Gasteiger partial charge on any atom is -0.393 e. The normalized spacial score (nSPS) is 41.4. The lowest BCUT2D eigenvalue weighted by Crippen LogP contribution is -2.40. The molecule has 2 heterocycles. The molecule has 1 amide bonds. The van der Waals surface area contributed by atoms with E-state index >= 15 is 0 Å². The molecule has 3 fully saturated rings. The summed E-state index contributed by atoms with van der Waals surface area (Å²) in [5.74, 6) is 1.28. The lowest BCUT2D eigenvalue weighted by Gasteiger charge is -2.28. The highest BCUT2D eigenvalue weighted by molar-refractivity contribution is 5.76. The monoisotopic (exact) mass is 266 g/mol. The lowest BCUT2D eigenvalue weighted by molar-refractivity contribution is -0.122. The van der Waals surface area contributed by atoms with Crippen molar-refractivity contribution in [3.8, 4) is 0 Å². The zero-order chi connectivity index (χ0) is 13.2. The summed E-state index contributed by atoms with van der Waals surface area (Å²) in [6, 6.07) is 1.34. The Morgan fingerprint density at radius 3 is 2.42 bits per heavy atom. The molecule has 1 saturated carbocycles. The van der Waals surface area contributed by atoms with Crippen molar-refractivity contribution in [1.29, 1.82) is 0 Å². The average Bonchev–Trinajstić information content (AvgIpc) is 2.93. The smallest absolute Gasteiger partial charge is 0.220 e. The van der Waals surface area contributed by atoms with Crippen LogP contribution in [0.25, 0.3) is 0 Å². The van der Waals surface area contributed by atoms with Gasteiger partial charge in [0.25, 0.3) is 0 Å². The number of piperidine rings is 1. The maximum absolute atomic E-state index is 12.0. The number of hydrogen-bond donors (Lipinski definition) is 3. The topological polar surface area (TPSA) is 61.4 Å². The summed E-state index contributed by atoms with van der Waals surface area (Å²) in [5, 5.41) is 16.2. The second kappa shape index (κ2) is 5.80. The molecule has 19 heavy (non-hydrogen) atoms. The van der Waals surface area contributed by atoms with Gasteiger partial charge in [0, 0.05) is 25.0 Å². The summed E-state index contributed by atoms with van der Waals surface area (Å²) < 4.78 is 0. The molecule has 1 aliphatic carbocycles. The van der Waals surface area contributed by atoms with E-state index in [-0.39, 0.29) is 12.0 Å². The second-order valence-corrected chi connectivity index (χ2v) is 6.82.